The number of ketones is 1. The quantitative estimate of drug-likeness (QED) is 0.723. The Balaban J connectivity index is 1.90. The van der Waals surface area contributed by atoms with Crippen molar-refractivity contribution in [2.75, 3.05) is 7.05 Å². The van der Waals surface area contributed by atoms with Crippen LogP contribution in [-0.2, 0) is 16.1 Å². The Kier molecular flexibility index (Phi) is 6.05. The second-order valence-corrected chi connectivity index (χ2v) is 5.29. The maximum atomic E-state index is 12.0. The van der Waals surface area contributed by atoms with Crippen LogP contribution in [0.4, 0.5) is 0 Å². The standard InChI is InChI=1S/C17H22N4O2/c1-3-5-15(18-2)16(22)17(23)19-12-13-6-8-14(9-7-13)21-11-4-10-20-21/h4,6-11,15,18H,3,5,12H2,1-2H3,(H,19,23). The fourth-order valence-corrected chi connectivity index (χ4v) is 2.31. The van der Waals surface area contributed by atoms with E-state index in [4.69, 9.17) is 0 Å². The molecule has 0 aliphatic heterocycles. The van der Waals surface area contributed by atoms with Crippen molar-refractivity contribution in [1.82, 2.24) is 20.4 Å². The van der Waals surface area contributed by atoms with Gasteiger partial charge in [-0.25, -0.2) is 4.68 Å². The number of carbonyl (C=O) groups is 2. The Morgan fingerprint density at radius 1 is 1.26 bits per heavy atom. The van der Waals surface area contributed by atoms with Crippen molar-refractivity contribution in [2.24, 2.45) is 0 Å². The molecule has 0 saturated carbocycles. The summed E-state index contributed by atoms with van der Waals surface area (Å²) in [4.78, 5) is 23.9. The van der Waals surface area contributed by atoms with E-state index in [1.54, 1.807) is 17.9 Å². The van der Waals surface area contributed by atoms with Crippen LogP contribution in [0.2, 0.25) is 0 Å². The van der Waals surface area contributed by atoms with Crippen molar-refractivity contribution in [1.29, 1.82) is 0 Å². The van der Waals surface area contributed by atoms with Gasteiger partial charge in [-0.2, -0.15) is 5.10 Å². The molecule has 1 aromatic carbocycles. The number of aromatic nitrogens is 2. The van der Waals surface area contributed by atoms with Crippen LogP contribution in [0.3, 0.4) is 0 Å². The molecule has 0 aliphatic rings. The van der Waals surface area contributed by atoms with Crippen LogP contribution in [0.1, 0.15) is 25.3 Å². The summed E-state index contributed by atoms with van der Waals surface area (Å²) in [6.45, 7) is 2.31. The van der Waals surface area contributed by atoms with Crippen LogP contribution in [0, 0.1) is 0 Å². The van der Waals surface area contributed by atoms with Crippen LogP contribution < -0.4 is 10.6 Å². The zero-order valence-corrected chi connectivity index (χ0v) is 13.5. The van der Waals surface area contributed by atoms with Gasteiger partial charge >= 0.3 is 0 Å². The van der Waals surface area contributed by atoms with Crippen molar-refractivity contribution in [3.05, 3.63) is 48.3 Å². The van der Waals surface area contributed by atoms with Gasteiger partial charge in [-0.15, -0.1) is 0 Å². The second kappa shape index (κ2) is 8.24. The molecule has 0 fully saturated rings. The topological polar surface area (TPSA) is 76.0 Å². The molecule has 0 saturated heterocycles. The average Bonchev–Trinajstić information content (AvgIpc) is 3.12. The van der Waals surface area contributed by atoms with Crippen LogP contribution >= 0.6 is 0 Å². The van der Waals surface area contributed by atoms with E-state index in [2.05, 4.69) is 15.7 Å². The highest BCUT2D eigenvalue weighted by molar-refractivity contribution is 6.38. The number of Topliss-reactive ketones (excluding diaryl/α,β-unsaturated/α-hetero) is 1. The lowest BCUT2D eigenvalue weighted by molar-refractivity contribution is -0.139. The summed E-state index contributed by atoms with van der Waals surface area (Å²) in [5, 5.41) is 9.72. The molecule has 1 aromatic heterocycles. The molecule has 0 aliphatic carbocycles. The lowest BCUT2D eigenvalue weighted by Crippen LogP contribution is -2.43. The van der Waals surface area contributed by atoms with Crippen LogP contribution in [0.25, 0.3) is 5.69 Å². The maximum absolute atomic E-state index is 12.0. The van der Waals surface area contributed by atoms with Gasteiger partial charge < -0.3 is 10.6 Å². The number of likely N-dealkylation sites (N-methyl/N-ethyl adjacent to an activating group) is 1. The first-order chi connectivity index (χ1) is 11.2. The largest absolute Gasteiger partial charge is 0.345 e. The molecule has 1 heterocycles. The van der Waals surface area contributed by atoms with E-state index >= 15 is 0 Å². The van der Waals surface area contributed by atoms with Crippen LogP contribution in [-0.4, -0.2) is 34.6 Å². The monoisotopic (exact) mass is 314 g/mol. The summed E-state index contributed by atoms with van der Waals surface area (Å²) in [5.41, 5.74) is 1.87. The SMILES string of the molecule is CCCC(NC)C(=O)C(=O)NCc1ccc(-n2cccn2)cc1. The van der Waals surface area contributed by atoms with Gasteiger partial charge in [0, 0.05) is 18.9 Å². The van der Waals surface area contributed by atoms with Gasteiger partial charge in [0.25, 0.3) is 5.91 Å². The summed E-state index contributed by atoms with van der Waals surface area (Å²) >= 11 is 0. The lowest BCUT2D eigenvalue weighted by atomic mass is 10.1. The molecule has 23 heavy (non-hydrogen) atoms. The van der Waals surface area contributed by atoms with E-state index in [-0.39, 0.29) is 0 Å². The number of benzene rings is 1. The molecule has 2 rings (SSSR count). The third kappa shape index (κ3) is 4.50. The molecule has 6 nitrogen and oxygen atoms in total. The third-order valence-electron chi connectivity index (χ3n) is 3.62. The molecule has 1 atom stereocenters. The normalized spacial score (nSPS) is 11.9. The predicted molar refractivity (Wildman–Crippen MR) is 88.2 cm³/mol. The van der Waals surface area contributed by atoms with Crippen molar-refractivity contribution >= 4 is 11.7 Å². The fourth-order valence-electron chi connectivity index (χ4n) is 2.31. The Hall–Kier alpha value is -2.47. The molecule has 0 bridgehead atoms. The number of hydrogen-bond acceptors (Lipinski definition) is 4. The molecule has 0 radical (unpaired) electrons. The zero-order chi connectivity index (χ0) is 16.7. The number of rotatable bonds is 8. The highest BCUT2D eigenvalue weighted by atomic mass is 16.2. The number of nitrogens with zero attached hydrogens (tertiary/aromatic N) is 2. The Labute approximate surface area is 135 Å². The second-order valence-electron chi connectivity index (χ2n) is 5.29. The number of nitrogens with one attached hydrogen (secondary N) is 2. The van der Waals surface area contributed by atoms with Crippen molar-refractivity contribution < 1.29 is 9.59 Å². The van der Waals surface area contributed by atoms with E-state index in [9.17, 15) is 9.59 Å². The first kappa shape index (κ1) is 16.9. The van der Waals surface area contributed by atoms with Gasteiger partial charge in [-0.05, 0) is 37.2 Å². The molecule has 2 N–H and O–H groups in total. The van der Waals surface area contributed by atoms with Gasteiger partial charge in [0.05, 0.1) is 11.7 Å². The molecule has 6 heteroatoms. The van der Waals surface area contributed by atoms with Crippen molar-refractivity contribution in [2.45, 2.75) is 32.4 Å². The molecule has 122 valence electrons. The lowest BCUT2D eigenvalue weighted by Gasteiger charge is -2.13. The number of hydrogen-bond donors (Lipinski definition) is 2. The summed E-state index contributed by atoms with van der Waals surface area (Å²) in [7, 11) is 1.69. The average molecular weight is 314 g/mol. The first-order valence-electron chi connectivity index (χ1n) is 7.74. The van der Waals surface area contributed by atoms with Gasteiger partial charge in [0.2, 0.25) is 5.78 Å². The first-order valence-corrected chi connectivity index (χ1v) is 7.74. The smallest absolute Gasteiger partial charge is 0.289 e. The van der Waals surface area contributed by atoms with E-state index in [0.29, 0.717) is 13.0 Å². The minimum atomic E-state index is -0.547. The zero-order valence-electron chi connectivity index (χ0n) is 13.5. The molecule has 2 aromatic rings. The fraction of sp³-hybridized carbons (Fsp3) is 0.353. The Morgan fingerprint density at radius 2 is 2.00 bits per heavy atom. The summed E-state index contributed by atoms with van der Waals surface area (Å²) in [6, 6.07) is 9.09. The van der Waals surface area contributed by atoms with Gasteiger partial charge in [-0.3, -0.25) is 9.59 Å². The van der Waals surface area contributed by atoms with Crippen molar-refractivity contribution in [3.63, 3.8) is 0 Å². The van der Waals surface area contributed by atoms with Gasteiger partial charge in [0.15, 0.2) is 0 Å². The number of carbonyl (C=O) groups excluding carboxylic acids is 2. The van der Waals surface area contributed by atoms with Gasteiger partial charge in [0.1, 0.15) is 0 Å². The van der Waals surface area contributed by atoms with E-state index in [1.165, 1.54) is 0 Å². The molecule has 1 amide bonds. The predicted octanol–water partition coefficient (Wildman–Crippen LogP) is 1.45. The van der Waals surface area contributed by atoms with E-state index in [1.807, 2.05) is 43.5 Å². The molecule has 0 spiro atoms. The molecule has 1 unspecified atom stereocenters. The van der Waals surface area contributed by atoms with Crippen molar-refractivity contribution in [3.8, 4) is 5.69 Å². The summed E-state index contributed by atoms with van der Waals surface area (Å²) < 4.78 is 1.76. The summed E-state index contributed by atoms with van der Waals surface area (Å²) in [6.07, 6.45) is 5.08. The minimum Gasteiger partial charge on any atom is -0.345 e. The highest BCUT2D eigenvalue weighted by Gasteiger charge is 2.22. The third-order valence-corrected chi connectivity index (χ3v) is 3.62. The van der Waals surface area contributed by atoms with Gasteiger partial charge in [-0.1, -0.05) is 25.5 Å². The van der Waals surface area contributed by atoms with Crippen LogP contribution in [0.15, 0.2) is 42.7 Å². The number of amides is 1. The Bertz CT molecular complexity index is 635. The van der Waals surface area contributed by atoms with Crippen LogP contribution in [0.5, 0.6) is 0 Å². The maximum Gasteiger partial charge on any atom is 0.289 e. The van der Waals surface area contributed by atoms with E-state index < -0.39 is 17.7 Å². The minimum absolute atomic E-state index is 0.326. The van der Waals surface area contributed by atoms with E-state index in [0.717, 1.165) is 17.7 Å². The molecular formula is C17H22N4O2. The summed E-state index contributed by atoms with van der Waals surface area (Å²) in [5.74, 6) is -0.962. The Morgan fingerprint density at radius 3 is 2.57 bits per heavy atom. The highest BCUT2D eigenvalue weighted by Crippen LogP contribution is 2.08. The molecular weight excluding hydrogens is 292 g/mol.